The van der Waals surface area contributed by atoms with E-state index in [1.54, 1.807) is 6.20 Å². The number of nitrogens with zero attached hydrogens (tertiary/aromatic N) is 2. The number of carboxylic acids is 1. The molecule has 1 aromatic heterocycles. The number of carbonyl (C=O) groups is 1. The highest BCUT2D eigenvalue weighted by atomic mass is 16.4. The van der Waals surface area contributed by atoms with Gasteiger partial charge in [0.1, 0.15) is 5.52 Å². The van der Waals surface area contributed by atoms with Crippen molar-refractivity contribution in [1.29, 1.82) is 0 Å². The summed E-state index contributed by atoms with van der Waals surface area (Å²) < 4.78 is 1.44. The molecule has 76 valence electrons. The summed E-state index contributed by atoms with van der Waals surface area (Å²) in [5, 5.41) is 13.9. The van der Waals surface area contributed by atoms with Crippen LogP contribution < -0.4 is 4.68 Å². The van der Waals surface area contributed by atoms with E-state index >= 15 is 0 Å². The van der Waals surface area contributed by atoms with Crippen LogP contribution in [0.1, 0.15) is 5.56 Å². The first kappa shape index (κ1) is 9.58. The van der Waals surface area contributed by atoms with Crippen molar-refractivity contribution >= 4 is 16.9 Å². The molecule has 15 heavy (non-hydrogen) atoms. The zero-order chi connectivity index (χ0) is 10.8. The van der Waals surface area contributed by atoms with E-state index in [0.29, 0.717) is 0 Å². The predicted octanol–water partition coefficient (Wildman–Crippen LogP) is 0.915. The number of carboxylic acid groups (broad SMARTS) is 1. The van der Waals surface area contributed by atoms with E-state index in [9.17, 15) is 4.79 Å². The van der Waals surface area contributed by atoms with Gasteiger partial charge in [-0.15, -0.1) is 0 Å². The van der Waals surface area contributed by atoms with Crippen molar-refractivity contribution in [3.63, 3.8) is 0 Å². The number of aliphatic carboxylic acids is 1. The molecule has 0 amide bonds. The second-order valence-electron chi connectivity index (χ2n) is 3.42. The Kier molecular flexibility index (Phi) is 2.33. The quantitative estimate of drug-likeness (QED) is 0.738. The van der Waals surface area contributed by atoms with Gasteiger partial charge < -0.3 is 5.11 Å². The van der Waals surface area contributed by atoms with Crippen LogP contribution in [0, 0.1) is 6.92 Å². The summed E-state index contributed by atoms with van der Waals surface area (Å²) in [7, 11) is 0. The van der Waals surface area contributed by atoms with E-state index in [1.807, 2.05) is 31.2 Å². The topological polar surface area (TPSA) is 54.1 Å². The average molecular weight is 203 g/mol. The smallest absolute Gasteiger partial charge is 0.372 e. The maximum Gasteiger partial charge on any atom is 0.372 e. The third-order valence-electron chi connectivity index (χ3n) is 2.21. The van der Waals surface area contributed by atoms with Crippen LogP contribution >= 0.6 is 0 Å². The first-order valence-electron chi connectivity index (χ1n) is 4.65. The molecule has 0 spiro atoms. The third kappa shape index (κ3) is 1.93. The van der Waals surface area contributed by atoms with Crippen LogP contribution in [0.5, 0.6) is 0 Å². The second kappa shape index (κ2) is 3.65. The molecule has 1 N–H and O–H groups in total. The van der Waals surface area contributed by atoms with Crippen molar-refractivity contribution < 1.29 is 14.6 Å². The third-order valence-corrected chi connectivity index (χ3v) is 2.21. The van der Waals surface area contributed by atoms with Crippen LogP contribution in [0.3, 0.4) is 0 Å². The zero-order valence-corrected chi connectivity index (χ0v) is 8.34. The molecule has 0 radical (unpaired) electrons. The summed E-state index contributed by atoms with van der Waals surface area (Å²) in [6, 6.07) is 7.68. The van der Waals surface area contributed by atoms with E-state index in [1.165, 1.54) is 4.68 Å². The minimum Gasteiger partial charge on any atom is -0.476 e. The van der Waals surface area contributed by atoms with Crippen molar-refractivity contribution in [2.24, 2.45) is 0 Å². The van der Waals surface area contributed by atoms with Gasteiger partial charge in [0.05, 0.1) is 0 Å². The molecular formula is C11H11N2O2+. The van der Waals surface area contributed by atoms with Crippen molar-refractivity contribution in [3.05, 3.63) is 36.0 Å². The van der Waals surface area contributed by atoms with E-state index in [2.05, 4.69) is 5.10 Å². The van der Waals surface area contributed by atoms with E-state index in [0.717, 1.165) is 16.5 Å². The molecule has 0 saturated heterocycles. The van der Waals surface area contributed by atoms with Gasteiger partial charge in [0, 0.05) is 16.0 Å². The molecule has 0 bridgehead atoms. The summed E-state index contributed by atoms with van der Waals surface area (Å²) >= 11 is 0. The molecule has 0 unspecified atom stereocenters. The van der Waals surface area contributed by atoms with Crippen molar-refractivity contribution in [1.82, 2.24) is 5.10 Å². The lowest BCUT2D eigenvalue weighted by atomic mass is 10.1. The molecule has 0 aliphatic heterocycles. The Balaban J connectivity index is 2.57. The molecule has 1 aromatic carbocycles. The fraction of sp³-hybridized carbons (Fsp3) is 0.182. The van der Waals surface area contributed by atoms with Crippen LogP contribution in [0.25, 0.3) is 10.9 Å². The monoisotopic (exact) mass is 203 g/mol. The number of hydrogen-bond donors (Lipinski definition) is 1. The van der Waals surface area contributed by atoms with Crippen LogP contribution in [0.4, 0.5) is 0 Å². The molecule has 4 heteroatoms. The molecule has 0 aliphatic rings. The van der Waals surface area contributed by atoms with Crippen LogP contribution in [0.15, 0.2) is 30.5 Å². The Bertz CT molecular complexity index is 523. The first-order valence-corrected chi connectivity index (χ1v) is 4.65. The largest absolute Gasteiger partial charge is 0.476 e. The normalized spacial score (nSPS) is 10.5. The SMILES string of the molecule is Cc1c[n+](CC(=O)O)nc2ccccc12. The standard InChI is InChI=1S/C11H10N2O2/c1-8-6-13(7-11(14)15)12-10-5-3-2-4-9(8)10/h2-6H,7H2,1H3/p+1. The van der Waals surface area contributed by atoms with E-state index in [-0.39, 0.29) is 6.54 Å². The Hall–Kier alpha value is -1.97. The number of benzene rings is 1. The molecule has 0 atom stereocenters. The average Bonchev–Trinajstić information content (AvgIpc) is 2.16. The number of rotatable bonds is 2. The van der Waals surface area contributed by atoms with Gasteiger partial charge in [-0.2, -0.15) is 0 Å². The van der Waals surface area contributed by atoms with Gasteiger partial charge >= 0.3 is 5.97 Å². The van der Waals surface area contributed by atoms with Crippen LogP contribution in [0.2, 0.25) is 0 Å². The predicted molar refractivity (Wildman–Crippen MR) is 54.3 cm³/mol. The van der Waals surface area contributed by atoms with E-state index < -0.39 is 5.97 Å². The Morgan fingerprint density at radius 3 is 2.93 bits per heavy atom. The lowest BCUT2D eigenvalue weighted by Gasteiger charge is -1.98. The minimum atomic E-state index is -0.887. The molecule has 1 heterocycles. The van der Waals surface area contributed by atoms with Gasteiger partial charge in [0.25, 0.3) is 6.54 Å². The second-order valence-corrected chi connectivity index (χ2v) is 3.42. The van der Waals surface area contributed by atoms with Gasteiger partial charge in [-0.05, 0) is 13.0 Å². The summed E-state index contributed by atoms with van der Waals surface area (Å²) in [5.74, 6) is -0.887. The molecule has 0 saturated carbocycles. The maximum absolute atomic E-state index is 10.6. The van der Waals surface area contributed by atoms with Gasteiger partial charge in [-0.3, -0.25) is 0 Å². The highest BCUT2D eigenvalue weighted by Crippen LogP contribution is 2.12. The van der Waals surface area contributed by atoms with Gasteiger partial charge in [-0.1, -0.05) is 22.9 Å². The molecule has 2 rings (SSSR count). The summed E-state index contributed by atoms with van der Waals surface area (Å²) in [6.07, 6.45) is 1.75. The van der Waals surface area contributed by atoms with Gasteiger partial charge in [0.2, 0.25) is 6.20 Å². The molecule has 4 nitrogen and oxygen atoms in total. The summed E-state index contributed by atoms with van der Waals surface area (Å²) in [5.41, 5.74) is 1.85. The van der Waals surface area contributed by atoms with Crippen LogP contribution in [-0.2, 0) is 11.3 Å². The fourth-order valence-electron chi connectivity index (χ4n) is 1.57. The Morgan fingerprint density at radius 2 is 2.20 bits per heavy atom. The van der Waals surface area contributed by atoms with Gasteiger partial charge in [0.15, 0.2) is 0 Å². The highest BCUT2D eigenvalue weighted by molar-refractivity contribution is 5.80. The molecular weight excluding hydrogens is 192 g/mol. The summed E-state index contributed by atoms with van der Waals surface area (Å²) in [4.78, 5) is 10.6. The zero-order valence-electron chi connectivity index (χ0n) is 8.34. The maximum atomic E-state index is 10.6. The highest BCUT2D eigenvalue weighted by Gasteiger charge is 2.12. The lowest BCUT2D eigenvalue weighted by Crippen LogP contribution is -2.41. The summed E-state index contributed by atoms with van der Waals surface area (Å²) in [6.45, 7) is 1.84. The van der Waals surface area contributed by atoms with Crippen molar-refractivity contribution in [2.75, 3.05) is 0 Å². The van der Waals surface area contributed by atoms with Crippen molar-refractivity contribution in [2.45, 2.75) is 13.5 Å². The molecule has 0 fully saturated rings. The number of aryl methyl sites for hydroxylation is 1. The fourth-order valence-corrected chi connectivity index (χ4v) is 1.57. The Labute approximate surface area is 86.8 Å². The Morgan fingerprint density at radius 1 is 1.47 bits per heavy atom. The van der Waals surface area contributed by atoms with E-state index in [4.69, 9.17) is 5.11 Å². The molecule has 2 aromatic rings. The first-order chi connectivity index (χ1) is 7.16. The molecule has 0 aliphatic carbocycles. The van der Waals surface area contributed by atoms with Gasteiger partial charge in [-0.25, -0.2) is 4.79 Å². The number of aromatic nitrogens is 2. The van der Waals surface area contributed by atoms with Crippen molar-refractivity contribution in [3.8, 4) is 0 Å². The number of hydrogen-bond acceptors (Lipinski definition) is 2. The minimum absolute atomic E-state index is 0.105. The number of fused-ring (bicyclic) bond motifs is 1. The van der Waals surface area contributed by atoms with Crippen LogP contribution in [-0.4, -0.2) is 16.2 Å². The lowest BCUT2D eigenvalue weighted by molar-refractivity contribution is -0.741.